The van der Waals surface area contributed by atoms with Crippen molar-refractivity contribution in [1.29, 1.82) is 0 Å². The number of carboxylic acids is 2. The third-order valence-electron chi connectivity index (χ3n) is 2.60. The summed E-state index contributed by atoms with van der Waals surface area (Å²) in [4.78, 5) is 22.5. The van der Waals surface area contributed by atoms with Crippen LogP contribution >= 0.6 is 11.8 Å². The van der Waals surface area contributed by atoms with Crippen molar-refractivity contribution in [2.45, 2.75) is 22.7 Å². The Balaban J connectivity index is 5.36. The highest BCUT2D eigenvalue weighted by Gasteiger charge is 2.34. The zero-order valence-electron chi connectivity index (χ0n) is 11.3. The van der Waals surface area contributed by atoms with Crippen LogP contribution in [0.25, 0.3) is 0 Å². The van der Waals surface area contributed by atoms with Crippen molar-refractivity contribution < 1.29 is 30.0 Å². The van der Waals surface area contributed by atoms with Gasteiger partial charge in [-0.3, -0.25) is 9.59 Å². The molecule has 116 valence electrons. The summed E-state index contributed by atoms with van der Waals surface area (Å²) in [5.74, 6) is -2.73. The lowest BCUT2D eigenvalue weighted by molar-refractivity contribution is -0.136. The number of rotatable bonds is 10. The number of thioether (sulfide) groups is 1. The average molecular weight is 314 g/mol. The number of aliphatic carboxylic acids is 2. The standard InChI is InChI=1S/C14H18O6S/c1-5-9(15)7(3)11(13(17)18)21-12(14(19)20)8(4)10(16)6-2/h5-6,9-12,15-16H,1-4H2,(H,17,18)(H,19,20). The molecule has 0 aliphatic heterocycles. The second-order valence-electron chi connectivity index (χ2n) is 4.08. The summed E-state index contributed by atoms with van der Waals surface area (Å²) in [5.41, 5.74) is -0.232. The van der Waals surface area contributed by atoms with Crippen molar-refractivity contribution in [3.63, 3.8) is 0 Å². The number of aliphatic hydroxyl groups excluding tert-OH is 2. The van der Waals surface area contributed by atoms with Crippen LogP contribution in [0.5, 0.6) is 0 Å². The summed E-state index contributed by atoms with van der Waals surface area (Å²) in [6.45, 7) is 13.5. The van der Waals surface area contributed by atoms with Gasteiger partial charge in [-0.25, -0.2) is 0 Å². The molecule has 0 spiro atoms. The van der Waals surface area contributed by atoms with Gasteiger partial charge in [0.1, 0.15) is 10.5 Å². The fourth-order valence-corrected chi connectivity index (χ4v) is 2.49. The summed E-state index contributed by atoms with van der Waals surface area (Å²) >= 11 is 0.496. The van der Waals surface area contributed by atoms with Crippen LogP contribution in [0.2, 0.25) is 0 Å². The molecule has 21 heavy (non-hydrogen) atoms. The zero-order valence-corrected chi connectivity index (χ0v) is 12.1. The molecule has 0 rings (SSSR count). The average Bonchev–Trinajstić information content (AvgIpc) is 2.44. The molecule has 0 aromatic rings. The van der Waals surface area contributed by atoms with E-state index in [4.69, 9.17) is 10.2 Å². The molecule has 0 saturated carbocycles. The summed E-state index contributed by atoms with van der Waals surface area (Å²) in [6, 6.07) is 0. The van der Waals surface area contributed by atoms with Gasteiger partial charge in [-0.2, -0.15) is 0 Å². The molecule has 4 atom stereocenters. The lowest BCUT2D eigenvalue weighted by atomic mass is 10.1. The first kappa shape index (κ1) is 19.2. The molecule has 6 nitrogen and oxygen atoms in total. The van der Waals surface area contributed by atoms with E-state index in [9.17, 15) is 19.8 Å². The molecule has 4 unspecified atom stereocenters. The quantitative estimate of drug-likeness (QED) is 0.441. The van der Waals surface area contributed by atoms with Gasteiger partial charge in [0.05, 0.1) is 12.2 Å². The molecule has 0 amide bonds. The molecule has 7 heteroatoms. The minimum atomic E-state index is -1.40. The van der Waals surface area contributed by atoms with Crippen LogP contribution in [0.15, 0.2) is 49.6 Å². The monoisotopic (exact) mass is 314 g/mol. The predicted octanol–water partition coefficient (Wildman–Crippen LogP) is 0.832. The zero-order chi connectivity index (χ0) is 16.7. The Hall–Kier alpha value is -1.83. The molecule has 0 aromatic heterocycles. The van der Waals surface area contributed by atoms with E-state index in [0.717, 1.165) is 12.2 Å². The van der Waals surface area contributed by atoms with Gasteiger partial charge in [-0.15, -0.1) is 24.9 Å². The predicted molar refractivity (Wildman–Crippen MR) is 81.1 cm³/mol. The van der Waals surface area contributed by atoms with Crippen LogP contribution in [0.3, 0.4) is 0 Å². The van der Waals surface area contributed by atoms with E-state index in [0.29, 0.717) is 11.8 Å². The number of hydrogen-bond acceptors (Lipinski definition) is 5. The fourth-order valence-electron chi connectivity index (χ4n) is 1.36. The van der Waals surface area contributed by atoms with E-state index in [2.05, 4.69) is 26.3 Å². The van der Waals surface area contributed by atoms with Crippen molar-refractivity contribution >= 4 is 23.7 Å². The normalized spacial score (nSPS) is 16.1. The van der Waals surface area contributed by atoms with Crippen LogP contribution in [0.1, 0.15) is 0 Å². The third kappa shape index (κ3) is 5.22. The van der Waals surface area contributed by atoms with Gasteiger partial charge in [-0.1, -0.05) is 25.3 Å². The molecule has 0 saturated heterocycles. The number of carboxylic acid groups (broad SMARTS) is 2. The smallest absolute Gasteiger partial charge is 0.320 e. The first-order chi connectivity index (χ1) is 9.67. The molecule has 0 aromatic carbocycles. The van der Waals surface area contributed by atoms with Crippen LogP contribution in [0, 0.1) is 0 Å². The lowest BCUT2D eigenvalue weighted by Gasteiger charge is -2.23. The highest BCUT2D eigenvalue weighted by atomic mass is 32.2. The largest absolute Gasteiger partial charge is 0.480 e. The Labute approximate surface area is 126 Å². The van der Waals surface area contributed by atoms with Crippen LogP contribution in [-0.4, -0.2) is 55.1 Å². The summed E-state index contributed by atoms with van der Waals surface area (Å²) in [5, 5.41) is 34.7. The van der Waals surface area contributed by atoms with Crippen molar-refractivity contribution in [2.75, 3.05) is 0 Å². The van der Waals surface area contributed by atoms with Crippen molar-refractivity contribution in [2.24, 2.45) is 0 Å². The van der Waals surface area contributed by atoms with E-state index in [-0.39, 0.29) is 11.1 Å². The van der Waals surface area contributed by atoms with Gasteiger partial charge in [-0.05, 0) is 11.1 Å². The molecule has 0 bridgehead atoms. The number of aliphatic hydroxyl groups is 2. The Morgan fingerprint density at radius 2 is 1.14 bits per heavy atom. The molecule has 0 radical (unpaired) electrons. The molecular weight excluding hydrogens is 296 g/mol. The Bertz CT molecular complexity index is 428. The van der Waals surface area contributed by atoms with Gasteiger partial charge in [0.15, 0.2) is 0 Å². The SMILES string of the molecule is C=CC(O)C(=C)C(SC(C(=C)C(O)C=C)C(=O)O)C(=O)O. The molecule has 0 aliphatic carbocycles. The maximum Gasteiger partial charge on any atom is 0.320 e. The fraction of sp³-hybridized carbons (Fsp3) is 0.286. The third-order valence-corrected chi connectivity index (χ3v) is 4.15. The van der Waals surface area contributed by atoms with Crippen molar-refractivity contribution in [1.82, 2.24) is 0 Å². The minimum absolute atomic E-state index is 0.116. The maximum atomic E-state index is 11.2. The topological polar surface area (TPSA) is 115 Å². The minimum Gasteiger partial charge on any atom is -0.480 e. The lowest BCUT2D eigenvalue weighted by Crippen LogP contribution is -2.32. The van der Waals surface area contributed by atoms with E-state index >= 15 is 0 Å². The first-order valence-corrected chi connectivity index (χ1v) is 6.71. The second kappa shape index (κ2) is 8.46. The summed E-state index contributed by atoms with van der Waals surface area (Å²) < 4.78 is 0. The highest BCUT2D eigenvalue weighted by molar-refractivity contribution is 8.02. The van der Waals surface area contributed by atoms with E-state index in [1.54, 1.807) is 0 Å². The van der Waals surface area contributed by atoms with E-state index in [1.165, 1.54) is 0 Å². The summed E-state index contributed by atoms with van der Waals surface area (Å²) in [7, 11) is 0. The molecular formula is C14H18O6S. The van der Waals surface area contributed by atoms with Crippen molar-refractivity contribution in [3.05, 3.63) is 49.6 Å². The highest BCUT2D eigenvalue weighted by Crippen LogP contribution is 2.31. The molecule has 0 heterocycles. The van der Waals surface area contributed by atoms with Crippen LogP contribution in [0.4, 0.5) is 0 Å². The van der Waals surface area contributed by atoms with Gasteiger partial charge in [0.2, 0.25) is 0 Å². The Morgan fingerprint density at radius 3 is 1.33 bits per heavy atom. The second-order valence-corrected chi connectivity index (χ2v) is 5.30. The Morgan fingerprint density at radius 1 is 0.857 bits per heavy atom. The first-order valence-electron chi connectivity index (χ1n) is 5.77. The number of carbonyl (C=O) groups is 2. The van der Waals surface area contributed by atoms with Crippen LogP contribution in [-0.2, 0) is 9.59 Å². The van der Waals surface area contributed by atoms with E-state index < -0.39 is 34.6 Å². The van der Waals surface area contributed by atoms with Gasteiger partial charge in [0.25, 0.3) is 0 Å². The Kier molecular flexibility index (Phi) is 7.72. The maximum absolute atomic E-state index is 11.2. The van der Waals surface area contributed by atoms with Gasteiger partial charge in [0, 0.05) is 0 Å². The number of hydrogen-bond donors (Lipinski definition) is 4. The summed E-state index contributed by atoms with van der Waals surface area (Å²) in [6.07, 6.45) is -0.402. The molecule has 0 aliphatic rings. The van der Waals surface area contributed by atoms with Gasteiger partial charge < -0.3 is 20.4 Å². The van der Waals surface area contributed by atoms with Crippen molar-refractivity contribution in [3.8, 4) is 0 Å². The molecule has 4 N–H and O–H groups in total. The van der Waals surface area contributed by atoms with Gasteiger partial charge >= 0.3 is 11.9 Å². The van der Waals surface area contributed by atoms with Crippen LogP contribution < -0.4 is 0 Å². The molecule has 0 fully saturated rings. The van der Waals surface area contributed by atoms with E-state index in [1.807, 2.05) is 0 Å².